The Morgan fingerprint density at radius 2 is 1.91 bits per heavy atom. The molecule has 0 saturated carbocycles. The topological polar surface area (TPSA) is 108 Å². The van der Waals surface area contributed by atoms with Gasteiger partial charge in [-0.05, 0) is 12.0 Å². The zero-order chi connectivity index (χ0) is 17.1. The van der Waals surface area contributed by atoms with Crippen molar-refractivity contribution in [3.8, 4) is 0 Å². The van der Waals surface area contributed by atoms with Crippen LogP contribution in [0.1, 0.15) is 44.2 Å². The second-order valence-corrected chi connectivity index (χ2v) is 6.45. The molecule has 0 fully saturated rings. The number of phosphoric acid groups is 1. The molecule has 0 aromatic heterocycles. The van der Waals surface area contributed by atoms with Crippen molar-refractivity contribution in [1.82, 2.24) is 10.6 Å². The molecule has 1 atom stereocenters. The minimum Gasteiger partial charge on any atom is -0.338 e. The first-order valence-electron chi connectivity index (χ1n) is 7.71. The fourth-order valence-electron chi connectivity index (χ4n) is 2.04. The minimum absolute atomic E-state index is 0.308. The van der Waals surface area contributed by atoms with Gasteiger partial charge < -0.3 is 20.4 Å². The van der Waals surface area contributed by atoms with E-state index in [1.54, 1.807) is 24.3 Å². The lowest BCUT2D eigenvalue weighted by atomic mass is 10.1. The van der Waals surface area contributed by atoms with Crippen molar-refractivity contribution in [3.63, 3.8) is 0 Å². The van der Waals surface area contributed by atoms with Crippen molar-refractivity contribution in [2.45, 2.75) is 38.6 Å². The summed E-state index contributed by atoms with van der Waals surface area (Å²) in [5, 5.41) is 5.42. The summed E-state index contributed by atoms with van der Waals surface area (Å²) in [6.07, 6.45) is 4.21. The van der Waals surface area contributed by atoms with Crippen LogP contribution in [-0.2, 0) is 9.09 Å². The van der Waals surface area contributed by atoms with Gasteiger partial charge in [0.25, 0.3) is 0 Å². The monoisotopic (exact) mass is 344 g/mol. The highest BCUT2D eigenvalue weighted by Gasteiger charge is 2.20. The standard InChI is InChI=1S/C15H25N2O5P/c1-2-3-4-8-11-16-15(18)17-14(12-22-23(19,20)21)13-9-6-5-7-10-13/h5-7,9-10,14H,2-4,8,11-12H2,1H3,(H2,16,17,18)(H2,19,20,21)/t14-/m0/s1. The summed E-state index contributed by atoms with van der Waals surface area (Å²) in [7, 11) is -4.59. The molecule has 0 aliphatic rings. The molecule has 0 aliphatic heterocycles. The second-order valence-electron chi connectivity index (χ2n) is 5.21. The summed E-state index contributed by atoms with van der Waals surface area (Å²) in [4.78, 5) is 29.6. The van der Waals surface area contributed by atoms with E-state index >= 15 is 0 Å². The van der Waals surface area contributed by atoms with Crippen molar-refractivity contribution < 1.29 is 23.7 Å². The van der Waals surface area contributed by atoms with Crippen molar-refractivity contribution in [1.29, 1.82) is 0 Å². The molecule has 1 rings (SSSR count). The van der Waals surface area contributed by atoms with Crippen LogP contribution in [0.25, 0.3) is 0 Å². The van der Waals surface area contributed by atoms with Crippen LogP contribution in [-0.4, -0.2) is 29.0 Å². The molecular formula is C15H25N2O5P. The number of carbonyl (C=O) groups is 1. The van der Waals surface area contributed by atoms with Crippen LogP contribution in [0, 0.1) is 0 Å². The van der Waals surface area contributed by atoms with Crippen LogP contribution in [0.3, 0.4) is 0 Å². The van der Waals surface area contributed by atoms with Gasteiger partial charge in [-0.3, -0.25) is 4.52 Å². The van der Waals surface area contributed by atoms with Gasteiger partial charge in [-0.2, -0.15) is 0 Å². The number of unbranched alkanes of at least 4 members (excludes halogenated alkanes) is 3. The van der Waals surface area contributed by atoms with E-state index < -0.39 is 13.9 Å². The van der Waals surface area contributed by atoms with Crippen LogP contribution >= 0.6 is 7.82 Å². The number of amides is 2. The lowest BCUT2D eigenvalue weighted by molar-refractivity contribution is 0.175. The SMILES string of the molecule is CCCCCCNC(=O)N[C@@H](COP(=O)(O)O)c1ccccc1. The lowest BCUT2D eigenvalue weighted by Gasteiger charge is -2.20. The Morgan fingerprint density at radius 3 is 2.52 bits per heavy atom. The third kappa shape index (κ3) is 9.36. The Bertz CT molecular complexity index is 506. The molecule has 1 aromatic rings. The lowest BCUT2D eigenvalue weighted by Crippen LogP contribution is -2.39. The molecule has 4 N–H and O–H groups in total. The smallest absolute Gasteiger partial charge is 0.338 e. The zero-order valence-electron chi connectivity index (χ0n) is 13.3. The maximum absolute atomic E-state index is 11.9. The molecule has 0 spiro atoms. The van der Waals surface area contributed by atoms with E-state index in [0.717, 1.165) is 25.7 Å². The van der Waals surface area contributed by atoms with E-state index in [1.807, 2.05) is 6.07 Å². The fourth-order valence-corrected chi connectivity index (χ4v) is 2.38. The predicted molar refractivity (Wildman–Crippen MR) is 87.9 cm³/mol. The molecule has 0 saturated heterocycles. The van der Waals surface area contributed by atoms with E-state index in [-0.39, 0.29) is 12.6 Å². The number of phosphoric ester groups is 1. The van der Waals surface area contributed by atoms with Gasteiger partial charge in [0, 0.05) is 6.54 Å². The van der Waals surface area contributed by atoms with Gasteiger partial charge in [0.1, 0.15) is 0 Å². The van der Waals surface area contributed by atoms with Crippen LogP contribution in [0.15, 0.2) is 30.3 Å². The number of urea groups is 1. The number of nitrogens with one attached hydrogen (secondary N) is 2. The Balaban J connectivity index is 2.52. The first kappa shape index (κ1) is 19.6. The van der Waals surface area contributed by atoms with Crippen LogP contribution in [0.5, 0.6) is 0 Å². The van der Waals surface area contributed by atoms with E-state index in [2.05, 4.69) is 22.1 Å². The Hall–Kier alpha value is -1.40. The predicted octanol–water partition coefficient (Wildman–Crippen LogP) is 2.72. The third-order valence-corrected chi connectivity index (χ3v) is 3.72. The first-order valence-corrected chi connectivity index (χ1v) is 9.25. The maximum atomic E-state index is 11.9. The normalized spacial score (nSPS) is 12.7. The second kappa shape index (κ2) is 10.4. The number of carbonyl (C=O) groups excluding carboxylic acids is 1. The van der Waals surface area contributed by atoms with Gasteiger partial charge in [-0.15, -0.1) is 0 Å². The number of hydrogen-bond acceptors (Lipinski definition) is 3. The average Bonchev–Trinajstić information content (AvgIpc) is 2.51. The van der Waals surface area contributed by atoms with Gasteiger partial charge in [0.2, 0.25) is 0 Å². The molecule has 0 heterocycles. The largest absolute Gasteiger partial charge is 0.469 e. The van der Waals surface area contributed by atoms with Gasteiger partial charge in [-0.1, -0.05) is 56.5 Å². The van der Waals surface area contributed by atoms with Crippen LogP contribution in [0.4, 0.5) is 4.79 Å². The van der Waals surface area contributed by atoms with Crippen LogP contribution < -0.4 is 10.6 Å². The summed E-state index contributed by atoms with van der Waals surface area (Å²) in [6.45, 7) is 2.37. The molecule has 0 aliphatic carbocycles. The first-order chi connectivity index (χ1) is 10.9. The summed E-state index contributed by atoms with van der Waals surface area (Å²) >= 11 is 0. The van der Waals surface area contributed by atoms with Crippen LogP contribution in [0.2, 0.25) is 0 Å². The summed E-state index contributed by atoms with van der Waals surface area (Å²) in [5.41, 5.74) is 0.710. The summed E-state index contributed by atoms with van der Waals surface area (Å²) in [6, 6.07) is 7.88. The van der Waals surface area contributed by atoms with Gasteiger partial charge in [0.15, 0.2) is 0 Å². The maximum Gasteiger partial charge on any atom is 0.469 e. The van der Waals surface area contributed by atoms with Gasteiger partial charge >= 0.3 is 13.9 Å². The highest BCUT2D eigenvalue weighted by Crippen LogP contribution is 2.37. The average molecular weight is 344 g/mol. The van der Waals surface area contributed by atoms with Crippen molar-refractivity contribution in [3.05, 3.63) is 35.9 Å². The zero-order valence-corrected chi connectivity index (χ0v) is 14.2. The number of benzene rings is 1. The molecule has 1 aromatic carbocycles. The number of rotatable bonds is 10. The quantitative estimate of drug-likeness (QED) is 0.385. The van der Waals surface area contributed by atoms with Crippen molar-refractivity contribution in [2.24, 2.45) is 0 Å². The summed E-state index contributed by atoms with van der Waals surface area (Å²) < 4.78 is 15.4. The molecule has 8 heteroatoms. The van der Waals surface area contributed by atoms with Gasteiger partial charge in [0.05, 0.1) is 12.6 Å². The molecule has 0 unspecified atom stereocenters. The van der Waals surface area contributed by atoms with Crippen molar-refractivity contribution >= 4 is 13.9 Å². The molecule has 2 amide bonds. The molecule has 0 bridgehead atoms. The molecule has 0 radical (unpaired) electrons. The third-order valence-electron chi connectivity index (χ3n) is 3.23. The minimum atomic E-state index is -4.59. The molecule has 130 valence electrons. The Morgan fingerprint density at radius 1 is 1.22 bits per heavy atom. The van der Waals surface area contributed by atoms with E-state index in [0.29, 0.717) is 12.1 Å². The summed E-state index contributed by atoms with van der Waals surface area (Å²) in [5.74, 6) is 0. The Labute approximate surface area is 136 Å². The number of hydrogen-bond donors (Lipinski definition) is 4. The van der Waals surface area contributed by atoms with Gasteiger partial charge in [-0.25, -0.2) is 9.36 Å². The van der Waals surface area contributed by atoms with E-state index in [1.165, 1.54) is 0 Å². The highest BCUT2D eigenvalue weighted by molar-refractivity contribution is 7.46. The molecule has 7 nitrogen and oxygen atoms in total. The fraction of sp³-hybridized carbons (Fsp3) is 0.533. The highest BCUT2D eigenvalue weighted by atomic mass is 31.2. The van der Waals surface area contributed by atoms with E-state index in [9.17, 15) is 9.36 Å². The van der Waals surface area contributed by atoms with Crippen molar-refractivity contribution in [2.75, 3.05) is 13.2 Å². The Kier molecular flexibility index (Phi) is 8.87. The van der Waals surface area contributed by atoms with E-state index in [4.69, 9.17) is 9.79 Å². The molecular weight excluding hydrogens is 319 g/mol. The molecule has 23 heavy (non-hydrogen) atoms.